The van der Waals surface area contributed by atoms with Crippen LogP contribution in [-0.2, 0) is 14.8 Å². The van der Waals surface area contributed by atoms with E-state index in [-0.39, 0.29) is 17.9 Å². The van der Waals surface area contributed by atoms with E-state index >= 15 is 0 Å². The molecule has 1 rings (SSSR count). The number of rotatable bonds is 5. The zero-order chi connectivity index (χ0) is 16.1. The molecule has 0 aliphatic carbocycles. The summed E-state index contributed by atoms with van der Waals surface area (Å²) in [6, 6.07) is 0.110. The minimum absolute atomic E-state index is 0.0342. The number of likely N-dealkylation sites (tertiary alicyclic amines) is 1. The Balaban J connectivity index is 2.40. The predicted molar refractivity (Wildman–Crippen MR) is 81.7 cm³/mol. The summed E-state index contributed by atoms with van der Waals surface area (Å²) in [5.41, 5.74) is -0.502. The van der Waals surface area contributed by atoms with E-state index in [4.69, 9.17) is 4.74 Å². The maximum atomic E-state index is 12.0. The molecule has 8 heteroatoms. The first kappa shape index (κ1) is 18.2. The highest BCUT2D eigenvalue weighted by Gasteiger charge is 2.27. The molecule has 0 radical (unpaired) electrons. The number of carbonyl (C=O) groups excluding carboxylic acids is 1. The van der Waals surface area contributed by atoms with E-state index in [2.05, 4.69) is 10.0 Å². The number of carbonyl (C=O) groups is 1. The summed E-state index contributed by atoms with van der Waals surface area (Å²) in [6.07, 6.45) is 1.51. The van der Waals surface area contributed by atoms with E-state index in [0.29, 0.717) is 19.6 Å². The van der Waals surface area contributed by atoms with Gasteiger partial charge in [-0.05, 0) is 40.7 Å². The number of ether oxygens (including phenoxy) is 1. The Morgan fingerprint density at radius 2 is 2.05 bits per heavy atom. The van der Waals surface area contributed by atoms with Gasteiger partial charge in [0.05, 0.1) is 5.75 Å². The first-order valence-corrected chi connectivity index (χ1v) is 8.91. The van der Waals surface area contributed by atoms with Crippen LogP contribution in [0.2, 0.25) is 0 Å². The Hall–Kier alpha value is -0.860. The van der Waals surface area contributed by atoms with Gasteiger partial charge < -0.3 is 15.0 Å². The summed E-state index contributed by atoms with van der Waals surface area (Å²) in [5.74, 6) is 0.0342. The number of sulfonamides is 1. The molecule has 1 amide bonds. The van der Waals surface area contributed by atoms with Crippen LogP contribution < -0.4 is 10.0 Å². The third kappa shape index (κ3) is 7.10. The Morgan fingerprint density at radius 3 is 2.62 bits per heavy atom. The Labute approximate surface area is 127 Å². The second kappa shape index (κ2) is 7.42. The number of nitrogens with zero attached hydrogens (tertiary/aromatic N) is 1. The lowest BCUT2D eigenvalue weighted by molar-refractivity contribution is 0.0188. The molecule has 0 aromatic rings. The zero-order valence-corrected chi connectivity index (χ0v) is 14.1. The van der Waals surface area contributed by atoms with Crippen LogP contribution in [0.1, 0.15) is 33.6 Å². The molecule has 1 atom stereocenters. The number of nitrogens with one attached hydrogen (secondary N) is 2. The van der Waals surface area contributed by atoms with Gasteiger partial charge in [-0.2, -0.15) is 0 Å². The van der Waals surface area contributed by atoms with Crippen molar-refractivity contribution in [3.05, 3.63) is 0 Å². The molecule has 21 heavy (non-hydrogen) atoms. The lowest BCUT2D eigenvalue weighted by Crippen LogP contribution is -2.50. The van der Waals surface area contributed by atoms with Gasteiger partial charge in [0.1, 0.15) is 5.60 Å². The molecule has 1 aliphatic rings. The van der Waals surface area contributed by atoms with Gasteiger partial charge in [-0.3, -0.25) is 0 Å². The summed E-state index contributed by atoms with van der Waals surface area (Å²) in [5, 5.41) is 3.19. The smallest absolute Gasteiger partial charge is 0.410 e. The van der Waals surface area contributed by atoms with E-state index in [1.54, 1.807) is 4.90 Å². The van der Waals surface area contributed by atoms with Crippen molar-refractivity contribution in [3.63, 3.8) is 0 Å². The van der Waals surface area contributed by atoms with Gasteiger partial charge in [0.25, 0.3) is 0 Å². The molecule has 1 saturated heterocycles. The Kier molecular flexibility index (Phi) is 6.42. The molecule has 1 fully saturated rings. The van der Waals surface area contributed by atoms with Crippen LogP contribution in [0.3, 0.4) is 0 Å². The highest BCUT2D eigenvalue weighted by atomic mass is 32.2. The minimum Gasteiger partial charge on any atom is -0.444 e. The third-order valence-electron chi connectivity index (χ3n) is 3.19. The van der Waals surface area contributed by atoms with Gasteiger partial charge >= 0.3 is 6.09 Å². The zero-order valence-electron chi connectivity index (χ0n) is 13.3. The minimum atomic E-state index is -3.19. The fourth-order valence-electron chi connectivity index (χ4n) is 2.14. The molecule has 1 heterocycles. The van der Waals surface area contributed by atoms with Gasteiger partial charge in [-0.15, -0.1) is 0 Å². The van der Waals surface area contributed by atoms with Gasteiger partial charge in [0.15, 0.2) is 0 Å². The molecular formula is C13H27N3O4S. The molecule has 2 N–H and O–H groups in total. The first-order valence-electron chi connectivity index (χ1n) is 7.25. The van der Waals surface area contributed by atoms with Crippen molar-refractivity contribution in [3.8, 4) is 0 Å². The highest BCUT2D eigenvalue weighted by Crippen LogP contribution is 2.15. The van der Waals surface area contributed by atoms with Crippen LogP contribution >= 0.6 is 0 Å². The molecule has 7 nitrogen and oxygen atoms in total. The SMILES string of the molecule is CNS(=O)(=O)CCNC1CCCN(C(=O)OC(C)(C)C)C1. The average Bonchev–Trinajstić information content (AvgIpc) is 2.37. The molecule has 1 aliphatic heterocycles. The highest BCUT2D eigenvalue weighted by molar-refractivity contribution is 7.89. The average molecular weight is 321 g/mol. The van der Waals surface area contributed by atoms with Crippen LogP contribution in [0.15, 0.2) is 0 Å². The Bertz CT molecular complexity index is 445. The summed E-state index contributed by atoms with van der Waals surface area (Å²) in [7, 11) is -1.79. The number of hydrogen-bond donors (Lipinski definition) is 2. The lowest BCUT2D eigenvalue weighted by Gasteiger charge is -2.34. The first-order chi connectivity index (χ1) is 9.63. The molecular weight excluding hydrogens is 294 g/mol. The number of hydrogen-bond acceptors (Lipinski definition) is 5. The molecule has 0 saturated carbocycles. The molecule has 124 valence electrons. The standard InChI is InChI=1S/C13H27N3O4S/c1-13(2,3)20-12(17)16-8-5-6-11(10-16)15-7-9-21(18,19)14-4/h11,14-15H,5-10H2,1-4H3. The van der Waals surface area contributed by atoms with Crippen LogP contribution in [-0.4, -0.2) is 63.5 Å². The third-order valence-corrected chi connectivity index (χ3v) is 4.55. The van der Waals surface area contributed by atoms with Crippen molar-refractivity contribution < 1.29 is 17.9 Å². The van der Waals surface area contributed by atoms with Crippen LogP contribution in [0.5, 0.6) is 0 Å². The van der Waals surface area contributed by atoms with E-state index < -0.39 is 15.6 Å². The molecule has 0 aromatic heterocycles. The van der Waals surface area contributed by atoms with Gasteiger partial charge in [0.2, 0.25) is 10.0 Å². The second-order valence-corrected chi connectivity index (χ2v) is 8.29. The Morgan fingerprint density at radius 1 is 1.38 bits per heavy atom. The van der Waals surface area contributed by atoms with Crippen LogP contribution in [0, 0.1) is 0 Å². The molecule has 0 spiro atoms. The van der Waals surface area contributed by atoms with E-state index in [1.807, 2.05) is 20.8 Å². The topological polar surface area (TPSA) is 87.7 Å². The summed E-state index contributed by atoms with van der Waals surface area (Å²) < 4.78 is 30.3. The van der Waals surface area contributed by atoms with Crippen molar-refractivity contribution in [1.29, 1.82) is 0 Å². The lowest BCUT2D eigenvalue weighted by atomic mass is 10.1. The summed E-state index contributed by atoms with van der Waals surface area (Å²) in [4.78, 5) is 13.7. The summed E-state index contributed by atoms with van der Waals surface area (Å²) in [6.45, 7) is 7.12. The normalized spacial score (nSPS) is 20.4. The van der Waals surface area contributed by atoms with Gasteiger partial charge in [-0.1, -0.05) is 0 Å². The van der Waals surface area contributed by atoms with Crippen molar-refractivity contribution >= 4 is 16.1 Å². The molecule has 0 aromatic carbocycles. The van der Waals surface area contributed by atoms with E-state index in [9.17, 15) is 13.2 Å². The molecule has 1 unspecified atom stereocenters. The van der Waals surface area contributed by atoms with Crippen molar-refractivity contribution in [2.75, 3.05) is 32.4 Å². The van der Waals surface area contributed by atoms with Crippen LogP contribution in [0.25, 0.3) is 0 Å². The largest absolute Gasteiger partial charge is 0.444 e. The maximum absolute atomic E-state index is 12.0. The van der Waals surface area contributed by atoms with Crippen molar-refractivity contribution in [1.82, 2.24) is 14.9 Å². The second-order valence-electron chi connectivity index (χ2n) is 6.24. The van der Waals surface area contributed by atoms with Gasteiger partial charge in [0, 0.05) is 25.7 Å². The van der Waals surface area contributed by atoms with Gasteiger partial charge in [-0.25, -0.2) is 17.9 Å². The summed E-state index contributed by atoms with van der Waals surface area (Å²) >= 11 is 0. The monoisotopic (exact) mass is 321 g/mol. The van der Waals surface area contributed by atoms with E-state index in [0.717, 1.165) is 12.8 Å². The fraction of sp³-hybridized carbons (Fsp3) is 0.923. The quantitative estimate of drug-likeness (QED) is 0.771. The molecule has 0 bridgehead atoms. The van der Waals surface area contributed by atoms with E-state index in [1.165, 1.54) is 7.05 Å². The van der Waals surface area contributed by atoms with Crippen molar-refractivity contribution in [2.24, 2.45) is 0 Å². The maximum Gasteiger partial charge on any atom is 0.410 e. The predicted octanol–water partition coefficient (Wildman–Crippen LogP) is 0.525. The fourth-order valence-corrected chi connectivity index (χ4v) is 2.73. The number of amides is 1. The van der Waals surface area contributed by atoms with Crippen LogP contribution in [0.4, 0.5) is 4.79 Å². The van der Waals surface area contributed by atoms with Crippen molar-refractivity contribution in [2.45, 2.75) is 45.3 Å². The number of piperidine rings is 1.